The van der Waals surface area contributed by atoms with E-state index in [1.54, 1.807) is 0 Å². The Morgan fingerprint density at radius 3 is 2.40 bits per heavy atom. The van der Waals surface area contributed by atoms with Gasteiger partial charge in [-0.25, -0.2) is 0 Å². The second kappa shape index (κ2) is 8.02. The van der Waals surface area contributed by atoms with E-state index in [4.69, 9.17) is 0 Å². The Kier molecular flexibility index (Phi) is 5.42. The van der Waals surface area contributed by atoms with Gasteiger partial charge < -0.3 is 0 Å². The minimum absolute atomic E-state index is 0.242. The summed E-state index contributed by atoms with van der Waals surface area (Å²) in [5.74, 6) is 1.31. The van der Waals surface area contributed by atoms with Crippen molar-refractivity contribution in [2.24, 2.45) is 4.99 Å². The summed E-state index contributed by atoms with van der Waals surface area (Å²) in [5, 5.41) is 8.62. The molecular weight excluding hydrogens is 391 g/mol. The van der Waals surface area contributed by atoms with Gasteiger partial charge in [-0.1, -0.05) is 44.2 Å². The maximum atomic E-state index is 13.5. The van der Waals surface area contributed by atoms with Gasteiger partial charge in [0.15, 0.2) is 11.6 Å². The molecule has 0 radical (unpaired) electrons. The standard InChI is InChI=1S/C22H22F3N5/c1-3-29(4-2)14-20-28-27-19-13-26-21(15-8-6-5-7-9-15)17-12-16(22(23,24)25)10-11-18(17)30(19)20/h5-12H,3-4,13-14H2,1-2H3. The topological polar surface area (TPSA) is 46.3 Å². The first kappa shape index (κ1) is 20.3. The summed E-state index contributed by atoms with van der Waals surface area (Å²) in [5.41, 5.74) is 1.63. The van der Waals surface area contributed by atoms with Gasteiger partial charge in [0.2, 0.25) is 0 Å². The molecule has 0 amide bonds. The van der Waals surface area contributed by atoms with Crippen LogP contribution in [0.2, 0.25) is 0 Å². The molecule has 0 bridgehead atoms. The number of nitrogens with zero attached hydrogens (tertiary/aromatic N) is 5. The SMILES string of the molecule is CCN(CC)Cc1nnc2n1-c1ccc(C(F)(F)F)cc1C(c1ccccc1)=NC2. The van der Waals surface area contributed by atoms with Crippen LogP contribution in [0.4, 0.5) is 13.2 Å². The van der Waals surface area contributed by atoms with E-state index in [-0.39, 0.29) is 6.54 Å². The molecule has 0 fully saturated rings. The van der Waals surface area contributed by atoms with Gasteiger partial charge in [0.1, 0.15) is 6.54 Å². The first-order chi connectivity index (χ1) is 14.4. The highest BCUT2D eigenvalue weighted by atomic mass is 19.4. The van der Waals surface area contributed by atoms with Crippen molar-refractivity contribution in [3.05, 3.63) is 76.9 Å². The number of halogens is 3. The Morgan fingerprint density at radius 1 is 1.00 bits per heavy atom. The average molecular weight is 413 g/mol. The van der Waals surface area contributed by atoms with Crippen LogP contribution in [-0.2, 0) is 19.3 Å². The predicted molar refractivity (Wildman–Crippen MR) is 109 cm³/mol. The van der Waals surface area contributed by atoms with Crippen molar-refractivity contribution in [2.75, 3.05) is 13.1 Å². The molecule has 3 aromatic rings. The Hall–Kier alpha value is -3.00. The summed E-state index contributed by atoms with van der Waals surface area (Å²) in [6, 6.07) is 13.1. The van der Waals surface area contributed by atoms with E-state index in [2.05, 4.69) is 33.9 Å². The normalized spacial score (nSPS) is 13.6. The molecule has 0 saturated heterocycles. The maximum Gasteiger partial charge on any atom is 0.416 e. The molecule has 1 aromatic heterocycles. The molecular formula is C22H22F3N5. The van der Waals surface area contributed by atoms with Gasteiger partial charge in [0, 0.05) is 11.1 Å². The Morgan fingerprint density at radius 2 is 1.73 bits per heavy atom. The highest BCUT2D eigenvalue weighted by Gasteiger charge is 2.33. The predicted octanol–water partition coefficient (Wildman–Crippen LogP) is 4.48. The van der Waals surface area contributed by atoms with E-state index >= 15 is 0 Å². The van der Waals surface area contributed by atoms with Gasteiger partial charge in [0.25, 0.3) is 0 Å². The third-order valence-corrected chi connectivity index (χ3v) is 5.30. The number of alkyl halides is 3. The zero-order valence-corrected chi connectivity index (χ0v) is 16.8. The van der Waals surface area contributed by atoms with Gasteiger partial charge in [-0.05, 0) is 31.3 Å². The molecule has 1 aliphatic heterocycles. The number of benzene rings is 2. The molecule has 0 unspecified atom stereocenters. The lowest BCUT2D eigenvalue weighted by molar-refractivity contribution is -0.137. The van der Waals surface area contributed by atoms with Crippen molar-refractivity contribution >= 4 is 5.71 Å². The second-order valence-corrected chi connectivity index (χ2v) is 7.09. The van der Waals surface area contributed by atoms with E-state index in [0.29, 0.717) is 35.2 Å². The van der Waals surface area contributed by atoms with Crippen molar-refractivity contribution < 1.29 is 13.2 Å². The molecule has 0 saturated carbocycles. The minimum Gasteiger partial charge on any atom is -0.296 e. The van der Waals surface area contributed by atoms with Crippen LogP contribution in [0.3, 0.4) is 0 Å². The number of hydrogen-bond donors (Lipinski definition) is 0. The first-order valence-electron chi connectivity index (χ1n) is 9.89. The van der Waals surface area contributed by atoms with Gasteiger partial charge >= 0.3 is 6.18 Å². The molecule has 0 spiro atoms. The van der Waals surface area contributed by atoms with E-state index < -0.39 is 11.7 Å². The molecule has 5 nitrogen and oxygen atoms in total. The molecule has 2 heterocycles. The fourth-order valence-corrected chi connectivity index (χ4v) is 3.66. The molecule has 156 valence electrons. The van der Waals surface area contributed by atoms with Crippen LogP contribution in [0.5, 0.6) is 0 Å². The largest absolute Gasteiger partial charge is 0.416 e. The quantitative estimate of drug-likeness (QED) is 0.620. The molecule has 8 heteroatoms. The van der Waals surface area contributed by atoms with Crippen molar-refractivity contribution in [1.82, 2.24) is 19.7 Å². The molecule has 2 aromatic carbocycles. The highest BCUT2D eigenvalue weighted by molar-refractivity contribution is 6.15. The van der Waals surface area contributed by atoms with Crippen LogP contribution in [0.15, 0.2) is 53.5 Å². The molecule has 0 N–H and O–H groups in total. The average Bonchev–Trinajstić information content (AvgIpc) is 3.06. The zero-order chi connectivity index (χ0) is 21.3. The fourth-order valence-electron chi connectivity index (χ4n) is 3.66. The second-order valence-electron chi connectivity index (χ2n) is 7.09. The Bertz CT molecular complexity index is 1070. The molecule has 0 aliphatic carbocycles. The lowest BCUT2D eigenvalue weighted by Crippen LogP contribution is -2.24. The smallest absolute Gasteiger partial charge is 0.296 e. The monoisotopic (exact) mass is 413 g/mol. The number of aliphatic imine (C=N–C) groups is 1. The number of aromatic nitrogens is 3. The van der Waals surface area contributed by atoms with Gasteiger partial charge in [-0.15, -0.1) is 10.2 Å². The first-order valence-corrected chi connectivity index (χ1v) is 9.89. The van der Waals surface area contributed by atoms with Gasteiger partial charge in [-0.3, -0.25) is 14.5 Å². The van der Waals surface area contributed by atoms with Crippen LogP contribution in [-0.4, -0.2) is 38.5 Å². The van der Waals surface area contributed by atoms with Crippen LogP contribution < -0.4 is 0 Å². The third-order valence-electron chi connectivity index (χ3n) is 5.30. The van der Waals surface area contributed by atoms with Crippen molar-refractivity contribution in [1.29, 1.82) is 0 Å². The minimum atomic E-state index is -4.44. The molecule has 4 rings (SSSR count). The van der Waals surface area contributed by atoms with Crippen molar-refractivity contribution in [3.63, 3.8) is 0 Å². The zero-order valence-electron chi connectivity index (χ0n) is 16.8. The summed E-state index contributed by atoms with van der Waals surface area (Å²) in [7, 11) is 0. The molecule has 1 aliphatic rings. The molecule has 30 heavy (non-hydrogen) atoms. The Labute approximate surface area is 172 Å². The lowest BCUT2D eigenvalue weighted by atomic mass is 9.98. The van der Waals surface area contributed by atoms with Gasteiger partial charge in [0.05, 0.1) is 23.5 Å². The summed E-state index contributed by atoms with van der Waals surface area (Å²) in [4.78, 5) is 6.83. The van der Waals surface area contributed by atoms with E-state index in [9.17, 15) is 13.2 Å². The fraction of sp³-hybridized carbons (Fsp3) is 0.318. The summed E-state index contributed by atoms with van der Waals surface area (Å²) >= 11 is 0. The van der Waals surface area contributed by atoms with Crippen LogP contribution in [0.25, 0.3) is 5.69 Å². The molecule has 0 atom stereocenters. The Balaban J connectivity index is 1.91. The van der Waals surface area contributed by atoms with E-state index in [1.165, 1.54) is 12.1 Å². The van der Waals surface area contributed by atoms with E-state index in [0.717, 1.165) is 24.7 Å². The summed E-state index contributed by atoms with van der Waals surface area (Å²) < 4.78 is 42.3. The number of hydrogen-bond acceptors (Lipinski definition) is 4. The third kappa shape index (κ3) is 3.75. The van der Waals surface area contributed by atoms with Gasteiger partial charge in [-0.2, -0.15) is 13.2 Å². The summed E-state index contributed by atoms with van der Waals surface area (Å²) in [6.07, 6.45) is -4.44. The van der Waals surface area contributed by atoms with Crippen LogP contribution in [0, 0.1) is 0 Å². The van der Waals surface area contributed by atoms with Crippen LogP contribution in [0.1, 0.15) is 42.2 Å². The van der Waals surface area contributed by atoms with E-state index in [1.807, 2.05) is 34.9 Å². The highest BCUT2D eigenvalue weighted by Crippen LogP contribution is 2.34. The van der Waals surface area contributed by atoms with Crippen molar-refractivity contribution in [2.45, 2.75) is 33.1 Å². The van der Waals surface area contributed by atoms with Crippen LogP contribution >= 0.6 is 0 Å². The maximum absolute atomic E-state index is 13.5. The summed E-state index contributed by atoms with van der Waals surface area (Å²) in [6.45, 7) is 6.59. The number of rotatable bonds is 5. The number of fused-ring (bicyclic) bond motifs is 3. The lowest BCUT2D eigenvalue weighted by Gasteiger charge is -2.20. The van der Waals surface area contributed by atoms with Crippen molar-refractivity contribution in [3.8, 4) is 5.69 Å².